The van der Waals surface area contributed by atoms with Crippen molar-refractivity contribution < 1.29 is 9.59 Å². The lowest BCUT2D eigenvalue weighted by molar-refractivity contribution is -0.127. The van der Waals surface area contributed by atoms with Gasteiger partial charge in [-0.05, 0) is 36.3 Å². The molecule has 0 bridgehead atoms. The number of amides is 2. The van der Waals surface area contributed by atoms with Crippen LogP contribution in [-0.2, 0) is 11.3 Å². The van der Waals surface area contributed by atoms with E-state index in [-0.39, 0.29) is 11.8 Å². The molecule has 0 unspecified atom stereocenters. The zero-order valence-electron chi connectivity index (χ0n) is 16.5. The molecule has 3 rings (SSSR count). The summed E-state index contributed by atoms with van der Waals surface area (Å²) in [5, 5.41) is 2.59. The average Bonchev–Trinajstić information content (AvgIpc) is 2.72. The topological polar surface area (TPSA) is 52.7 Å². The average molecular weight is 377 g/mol. The van der Waals surface area contributed by atoms with Gasteiger partial charge in [0.1, 0.15) is 0 Å². The largest absolute Gasteiger partial charge is 0.355 e. The van der Waals surface area contributed by atoms with Crippen LogP contribution in [0.5, 0.6) is 0 Å². The number of aryl methyl sites for hydroxylation is 1. The highest BCUT2D eigenvalue weighted by molar-refractivity contribution is 5.94. The van der Waals surface area contributed by atoms with E-state index in [4.69, 9.17) is 0 Å². The van der Waals surface area contributed by atoms with Gasteiger partial charge < -0.3 is 10.2 Å². The quantitative estimate of drug-likeness (QED) is 0.815. The molecule has 5 heteroatoms. The van der Waals surface area contributed by atoms with Crippen molar-refractivity contribution in [2.45, 2.75) is 13.5 Å². The molecule has 1 heterocycles. The van der Waals surface area contributed by atoms with Crippen LogP contribution in [0.25, 0.3) is 6.08 Å². The van der Waals surface area contributed by atoms with Crippen molar-refractivity contribution in [3.63, 3.8) is 0 Å². The second kappa shape index (κ2) is 9.33. The summed E-state index contributed by atoms with van der Waals surface area (Å²) in [5.74, 6) is -0.0827. The lowest BCUT2D eigenvalue weighted by atomic mass is 10.1. The molecule has 1 saturated heterocycles. The van der Waals surface area contributed by atoms with Gasteiger partial charge in [-0.3, -0.25) is 14.5 Å². The Kier molecular flexibility index (Phi) is 6.61. The lowest BCUT2D eigenvalue weighted by Gasteiger charge is -2.34. The van der Waals surface area contributed by atoms with E-state index in [1.807, 2.05) is 17.0 Å². The van der Waals surface area contributed by atoms with E-state index in [1.165, 1.54) is 11.1 Å². The van der Waals surface area contributed by atoms with Gasteiger partial charge in [-0.1, -0.05) is 42.0 Å². The molecule has 0 aliphatic carbocycles. The van der Waals surface area contributed by atoms with Crippen LogP contribution in [-0.4, -0.2) is 54.8 Å². The van der Waals surface area contributed by atoms with Gasteiger partial charge in [0, 0.05) is 51.4 Å². The molecule has 1 fully saturated rings. The van der Waals surface area contributed by atoms with Crippen molar-refractivity contribution >= 4 is 17.9 Å². The molecule has 0 saturated carbocycles. The molecule has 28 heavy (non-hydrogen) atoms. The molecule has 1 aliphatic heterocycles. The second-order valence-corrected chi connectivity index (χ2v) is 7.12. The Morgan fingerprint density at radius 2 is 1.75 bits per heavy atom. The molecular formula is C23H27N3O2. The van der Waals surface area contributed by atoms with Gasteiger partial charge >= 0.3 is 0 Å². The highest BCUT2D eigenvalue weighted by Gasteiger charge is 2.19. The number of benzene rings is 2. The van der Waals surface area contributed by atoms with Crippen LogP contribution in [0.1, 0.15) is 27.0 Å². The zero-order valence-corrected chi connectivity index (χ0v) is 16.5. The van der Waals surface area contributed by atoms with Gasteiger partial charge in [0.25, 0.3) is 5.91 Å². The molecular weight excluding hydrogens is 350 g/mol. The molecule has 1 N–H and O–H groups in total. The summed E-state index contributed by atoms with van der Waals surface area (Å²) in [4.78, 5) is 28.3. The van der Waals surface area contributed by atoms with E-state index in [1.54, 1.807) is 31.3 Å². The third-order valence-electron chi connectivity index (χ3n) is 4.99. The minimum Gasteiger partial charge on any atom is -0.355 e. The van der Waals surface area contributed by atoms with Gasteiger partial charge in [-0.2, -0.15) is 0 Å². The third-order valence-corrected chi connectivity index (χ3v) is 4.99. The Labute approximate surface area is 166 Å². The van der Waals surface area contributed by atoms with Crippen LogP contribution < -0.4 is 5.32 Å². The molecule has 2 amide bonds. The van der Waals surface area contributed by atoms with Gasteiger partial charge in [0.15, 0.2) is 0 Å². The first-order chi connectivity index (χ1) is 13.5. The number of rotatable bonds is 5. The molecule has 5 nitrogen and oxygen atoms in total. The van der Waals surface area contributed by atoms with Crippen LogP contribution >= 0.6 is 0 Å². The van der Waals surface area contributed by atoms with Crippen LogP contribution in [0.15, 0.2) is 54.6 Å². The Morgan fingerprint density at radius 3 is 2.39 bits per heavy atom. The molecule has 2 aromatic rings. The van der Waals surface area contributed by atoms with E-state index in [2.05, 4.69) is 41.4 Å². The summed E-state index contributed by atoms with van der Waals surface area (Å²) in [7, 11) is 1.61. The van der Waals surface area contributed by atoms with Crippen LogP contribution in [0.3, 0.4) is 0 Å². The first-order valence-corrected chi connectivity index (χ1v) is 9.62. The zero-order chi connectivity index (χ0) is 19.9. The minimum absolute atomic E-state index is 0.0329. The van der Waals surface area contributed by atoms with Gasteiger partial charge in [0.2, 0.25) is 5.91 Å². The summed E-state index contributed by atoms with van der Waals surface area (Å²) in [6.07, 6.45) is 3.42. The maximum atomic E-state index is 12.5. The van der Waals surface area contributed by atoms with E-state index >= 15 is 0 Å². The highest BCUT2D eigenvalue weighted by atomic mass is 16.2. The maximum absolute atomic E-state index is 12.5. The van der Waals surface area contributed by atoms with Crippen LogP contribution in [0.2, 0.25) is 0 Å². The molecule has 1 aliphatic rings. The first kappa shape index (κ1) is 19.8. The first-order valence-electron chi connectivity index (χ1n) is 9.62. The predicted molar refractivity (Wildman–Crippen MR) is 112 cm³/mol. The monoisotopic (exact) mass is 377 g/mol. The Morgan fingerprint density at radius 1 is 1.04 bits per heavy atom. The number of nitrogens with one attached hydrogen (secondary N) is 1. The van der Waals surface area contributed by atoms with Crippen LogP contribution in [0, 0.1) is 6.92 Å². The summed E-state index contributed by atoms with van der Waals surface area (Å²) in [6, 6.07) is 15.8. The molecule has 2 aromatic carbocycles. The molecule has 0 atom stereocenters. The minimum atomic E-state index is -0.116. The van der Waals surface area contributed by atoms with Crippen LogP contribution in [0.4, 0.5) is 0 Å². The summed E-state index contributed by atoms with van der Waals surface area (Å²) < 4.78 is 0. The molecule has 0 radical (unpaired) electrons. The number of piperazine rings is 1. The fourth-order valence-corrected chi connectivity index (χ4v) is 3.36. The van der Waals surface area contributed by atoms with Crippen molar-refractivity contribution in [3.05, 3.63) is 76.9 Å². The number of hydrogen-bond acceptors (Lipinski definition) is 3. The third kappa shape index (κ3) is 5.30. The Hall–Kier alpha value is -2.92. The fraction of sp³-hybridized carbons (Fsp3) is 0.304. The van der Waals surface area contributed by atoms with Crippen molar-refractivity contribution in [2.75, 3.05) is 33.2 Å². The maximum Gasteiger partial charge on any atom is 0.251 e. The Bertz CT molecular complexity index is 850. The molecule has 0 aromatic heterocycles. The van der Waals surface area contributed by atoms with Crippen molar-refractivity contribution in [3.8, 4) is 0 Å². The number of nitrogens with zero attached hydrogens (tertiary/aromatic N) is 2. The summed E-state index contributed by atoms with van der Waals surface area (Å²) in [5.41, 5.74) is 4.11. The second-order valence-electron chi connectivity index (χ2n) is 7.12. The standard InChI is InChI=1S/C23H27N3O2/c1-18-4-3-5-20(16-18)17-25-12-14-26(15-13-25)22(27)11-8-19-6-9-21(10-7-19)23(28)24-2/h3-11,16H,12-15,17H2,1-2H3,(H,24,28)/b11-8+. The fourth-order valence-electron chi connectivity index (χ4n) is 3.36. The Balaban J connectivity index is 1.49. The summed E-state index contributed by atoms with van der Waals surface area (Å²) >= 11 is 0. The molecule has 146 valence electrons. The van der Waals surface area contributed by atoms with Gasteiger partial charge in [-0.15, -0.1) is 0 Å². The van der Waals surface area contributed by atoms with Crippen molar-refractivity contribution in [2.24, 2.45) is 0 Å². The summed E-state index contributed by atoms with van der Waals surface area (Å²) in [6.45, 7) is 6.29. The normalized spacial score (nSPS) is 15.0. The number of carbonyl (C=O) groups excluding carboxylic acids is 2. The molecule has 0 spiro atoms. The smallest absolute Gasteiger partial charge is 0.251 e. The van der Waals surface area contributed by atoms with Gasteiger partial charge in [0.05, 0.1) is 0 Å². The lowest BCUT2D eigenvalue weighted by Crippen LogP contribution is -2.47. The highest BCUT2D eigenvalue weighted by Crippen LogP contribution is 2.11. The van der Waals surface area contributed by atoms with Gasteiger partial charge in [-0.25, -0.2) is 0 Å². The number of carbonyl (C=O) groups is 2. The van der Waals surface area contributed by atoms with E-state index < -0.39 is 0 Å². The number of hydrogen-bond donors (Lipinski definition) is 1. The van der Waals surface area contributed by atoms with E-state index in [0.717, 1.165) is 38.3 Å². The predicted octanol–water partition coefficient (Wildman–Crippen LogP) is 2.71. The van der Waals surface area contributed by atoms with E-state index in [0.29, 0.717) is 5.56 Å². The van der Waals surface area contributed by atoms with E-state index in [9.17, 15) is 9.59 Å². The van der Waals surface area contributed by atoms with Crippen molar-refractivity contribution in [1.29, 1.82) is 0 Å². The van der Waals surface area contributed by atoms with Crippen molar-refractivity contribution in [1.82, 2.24) is 15.1 Å². The SMILES string of the molecule is CNC(=O)c1ccc(/C=C/C(=O)N2CCN(Cc3cccc(C)c3)CC2)cc1.